The number of nitrogens with one attached hydrogen (secondary N) is 1. The minimum absolute atomic E-state index is 0.274. The summed E-state index contributed by atoms with van der Waals surface area (Å²) in [6, 6.07) is 0.274. The number of alkyl carbamates (subject to hydrolysis) is 1. The van der Waals surface area contributed by atoms with E-state index in [4.69, 9.17) is 4.74 Å². The van der Waals surface area contributed by atoms with Crippen LogP contribution in [-0.2, 0) is 4.74 Å². The fraction of sp³-hybridized carbons (Fsp3) is 0.667. The van der Waals surface area contributed by atoms with E-state index in [0.717, 1.165) is 19.3 Å². The van der Waals surface area contributed by atoms with Gasteiger partial charge < -0.3 is 10.1 Å². The molecule has 0 saturated heterocycles. The largest absolute Gasteiger partial charge is 0.444 e. The van der Waals surface area contributed by atoms with Gasteiger partial charge in [-0.05, 0) is 40.0 Å². The molecule has 1 N–H and O–H groups in total. The topological polar surface area (TPSA) is 38.3 Å². The van der Waals surface area contributed by atoms with Gasteiger partial charge in [-0.1, -0.05) is 30.2 Å². The highest BCUT2D eigenvalue weighted by molar-refractivity contribution is 5.68. The lowest BCUT2D eigenvalue weighted by Gasteiger charge is -2.19. The Bertz CT molecular complexity index is 401. The van der Waals surface area contributed by atoms with E-state index in [0.29, 0.717) is 5.92 Å². The highest BCUT2D eigenvalue weighted by Crippen LogP contribution is 2.42. The van der Waals surface area contributed by atoms with Crippen molar-refractivity contribution in [2.75, 3.05) is 0 Å². The third-order valence-corrected chi connectivity index (χ3v) is 3.39. The molecule has 0 aromatic heterocycles. The van der Waals surface area contributed by atoms with Crippen molar-refractivity contribution in [1.29, 1.82) is 0 Å². The van der Waals surface area contributed by atoms with E-state index in [9.17, 15) is 4.79 Å². The summed E-state index contributed by atoms with van der Waals surface area (Å²) in [5.74, 6) is 0.526. The van der Waals surface area contributed by atoms with Gasteiger partial charge in [0.1, 0.15) is 5.60 Å². The molecule has 1 saturated carbocycles. The predicted molar refractivity (Wildman–Crippen MR) is 72.3 cm³/mol. The molecule has 0 spiro atoms. The van der Waals surface area contributed by atoms with E-state index in [-0.39, 0.29) is 12.1 Å². The second-order valence-corrected chi connectivity index (χ2v) is 6.19. The lowest BCUT2D eigenvalue weighted by molar-refractivity contribution is 0.0522. The van der Waals surface area contributed by atoms with E-state index < -0.39 is 5.60 Å². The minimum atomic E-state index is -0.419. The van der Waals surface area contributed by atoms with Crippen LogP contribution >= 0.6 is 0 Å². The van der Waals surface area contributed by atoms with Crippen LogP contribution in [0.3, 0.4) is 0 Å². The summed E-state index contributed by atoms with van der Waals surface area (Å²) >= 11 is 0. The van der Waals surface area contributed by atoms with E-state index in [1.165, 1.54) is 11.1 Å². The molecule has 2 rings (SSSR count). The first kappa shape index (κ1) is 13.2. The Kier molecular flexibility index (Phi) is 3.51. The van der Waals surface area contributed by atoms with Crippen molar-refractivity contribution in [2.45, 2.75) is 58.6 Å². The van der Waals surface area contributed by atoms with Crippen LogP contribution in [0.15, 0.2) is 23.3 Å². The first-order chi connectivity index (χ1) is 8.39. The number of hydrogen-bond donors (Lipinski definition) is 1. The number of carbonyl (C=O) groups excluding carboxylic acids is 1. The van der Waals surface area contributed by atoms with E-state index in [1.807, 2.05) is 20.8 Å². The maximum Gasteiger partial charge on any atom is 0.407 e. The van der Waals surface area contributed by atoms with Crippen molar-refractivity contribution < 1.29 is 9.53 Å². The van der Waals surface area contributed by atoms with Crippen LogP contribution in [-0.4, -0.2) is 17.7 Å². The van der Waals surface area contributed by atoms with E-state index >= 15 is 0 Å². The standard InChI is InChI=1S/C15H23NO2/c1-5-10-6-7-11(8-10)12-9-13(12)16-14(17)18-15(2,3)4/h6-7,12-13H,5,8-9H2,1-4H3,(H,16,17)/t12-,13+/m1/s1. The monoisotopic (exact) mass is 249 g/mol. The molecule has 2 atom stereocenters. The van der Waals surface area contributed by atoms with Crippen molar-refractivity contribution in [3.63, 3.8) is 0 Å². The summed E-state index contributed by atoms with van der Waals surface area (Å²) in [4.78, 5) is 11.6. The van der Waals surface area contributed by atoms with Crippen molar-refractivity contribution in [3.8, 4) is 0 Å². The van der Waals surface area contributed by atoms with Crippen LogP contribution in [0.4, 0.5) is 4.79 Å². The zero-order chi connectivity index (χ0) is 13.3. The van der Waals surface area contributed by atoms with Gasteiger partial charge >= 0.3 is 6.09 Å². The summed E-state index contributed by atoms with van der Waals surface area (Å²) in [6.07, 6.45) is 7.41. The first-order valence-corrected chi connectivity index (χ1v) is 6.77. The van der Waals surface area contributed by atoms with Crippen molar-refractivity contribution in [2.24, 2.45) is 5.92 Å². The number of ether oxygens (including phenoxy) is 1. The Hall–Kier alpha value is -1.25. The molecule has 0 heterocycles. The molecule has 0 aromatic rings. The summed E-state index contributed by atoms with van der Waals surface area (Å²) in [7, 11) is 0. The molecule has 1 fully saturated rings. The SMILES string of the molecule is CCC1=CC=C([C@H]2C[C@@H]2NC(=O)OC(C)(C)C)C1. The maximum atomic E-state index is 11.6. The summed E-state index contributed by atoms with van der Waals surface area (Å²) < 4.78 is 5.26. The first-order valence-electron chi connectivity index (χ1n) is 6.77. The summed E-state index contributed by atoms with van der Waals surface area (Å²) in [5.41, 5.74) is 2.54. The fourth-order valence-corrected chi connectivity index (χ4v) is 2.33. The normalized spacial score (nSPS) is 26.4. The van der Waals surface area contributed by atoms with Gasteiger partial charge in [-0.2, -0.15) is 0 Å². The molecule has 0 aliphatic heterocycles. The molecule has 3 nitrogen and oxygen atoms in total. The van der Waals surface area contributed by atoms with Gasteiger partial charge in [-0.15, -0.1) is 0 Å². The van der Waals surface area contributed by atoms with Crippen LogP contribution in [0.2, 0.25) is 0 Å². The molecule has 0 unspecified atom stereocenters. The van der Waals surface area contributed by atoms with Crippen LogP contribution in [0.1, 0.15) is 47.0 Å². The van der Waals surface area contributed by atoms with Gasteiger partial charge in [-0.3, -0.25) is 0 Å². The summed E-state index contributed by atoms with van der Waals surface area (Å²) in [6.45, 7) is 7.83. The van der Waals surface area contributed by atoms with E-state index in [1.54, 1.807) is 0 Å². The second-order valence-electron chi connectivity index (χ2n) is 6.19. The number of carbonyl (C=O) groups is 1. The average Bonchev–Trinajstić information content (AvgIpc) is 2.83. The molecular formula is C15H23NO2. The zero-order valence-corrected chi connectivity index (χ0v) is 11.7. The third-order valence-electron chi connectivity index (χ3n) is 3.39. The molecule has 2 aliphatic rings. The molecule has 0 bridgehead atoms. The fourth-order valence-electron chi connectivity index (χ4n) is 2.33. The lowest BCUT2D eigenvalue weighted by Crippen LogP contribution is -2.34. The Morgan fingerprint density at radius 3 is 2.72 bits per heavy atom. The Balaban J connectivity index is 1.75. The Labute approximate surface area is 109 Å². The number of allylic oxidation sites excluding steroid dienone is 3. The van der Waals surface area contributed by atoms with E-state index in [2.05, 4.69) is 24.4 Å². The van der Waals surface area contributed by atoms with Gasteiger partial charge in [0.15, 0.2) is 0 Å². The predicted octanol–water partition coefficient (Wildman–Crippen LogP) is 3.57. The van der Waals surface area contributed by atoms with Crippen LogP contribution in [0, 0.1) is 5.92 Å². The lowest BCUT2D eigenvalue weighted by atomic mass is 10.1. The highest BCUT2D eigenvalue weighted by atomic mass is 16.6. The number of rotatable bonds is 3. The average molecular weight is 249 g/mol. The molecule has 2 aliphatic carbocycles. The van der Waals surface area contributed by atoms with Gasteiger partial charge in [0, 0.05) is 12.0 Å². The second kappa shape index (κ2) is 4.79. The number of hydrogen-bond acceptors (Lipinski definition) is 2. The molecule has 100 valence electrons. The maximum absolute atomic E-state index is 11.6. The van der Waals surface area contributed by atoms with Crippen LogP contribution in [0.5, 0.6) is 0 Å². The van der Waals surface area contributed by atoms with Crippen molar-refractivity contribution >= 4 is 6.09 Å². The van der Waals surface area contributed by atoms with Gasteiger partial charge in [0.2, 0.25) is 0 Å². The Morgan fingerprint density at radius 1 is 1.44 bits per heavy atom. The van der Waals surface area contributed by atoms with Crippen molar-refractivity contribution in [3.05, 3.63) is 23.3 Å². The smallest absolute Gasteiger partial charge is 0.407 e. The zero-order valence-electron chi connectivity index (χ0n) is 11.7. The summed E-state index contributed by atoms with van der Waals surface area (Å²) in [5, 5.41) is 2.95. The number of amides is 1. The molecule has 0 aromatic carbocycles. The molecular weight excluding hydrogens is 226 g/mol. The highest BCUT2D eigenvalue weighted by Gasteiger charge is 2.42. The van der Waals surface area contributed by atoms with Gasteiger partial charge in [-0.25, -0.2) is 4.79 Å². The van der Waals surface area contributed by atoms with Crippen molar-refractivity contribution in [1.82, 2.24) is 5.32 Å². The molecule has 3 heteroatoms. The van der Waals surface area contributed by atoms with Crippen LogP contribution in [0.25, 0.3) is 0 Å². The molecule has 0 radical (unpaired) electrons. The molecule has 1 amide bonds. The minimum Gasteiger partial charge on any atom is -0.444 e. The third kappa shape index (κ3) is 3.37. The van der Waals surface area contributed by atoms with Crippen LogP contribution < -0.4 is 5.32 Å². The van der Waals surface area contributed by atoms with Gasteiger partial charge in [0.25, 0.3) is 0 Å². The molecule has 18 heavy (non-hydrogen) atoms. The Morgan fingerprint density at radius 2 is 2.17 bits per heavy atom. The van der Waals surface area contributed by atoms with Gasteiger partial charge in [0.05, 0.1) is 0 Å². The quantitative estimate of drug-likeness (QED) is 0.830.